The number of nitrogens with one attached hydrogen (secondary N) is 1. The average molecular weight is 321 g/mol. The van der Waals surface area contributed by atoms with E-state index in [1.54, 1.807) is 26.8 Å². The lowest BCUT2D eigenvalue weighted by atomic mass is 10.2. The van der Waals surface area contributed by atoms with Crippen LogP contribution in [0.2, 0.25) is 0 Å². The number of ether oxygens (including phenoxy) is 1. The molecular formula is C15H20FN5O2. The molecule has 7 nitrogen and oxygen atoms in total. The summed E-state index contributed by atoms with van der Waals surface area (Å²) in [6.07, 6.45) is 0.269. The maximum absolute atomic E-state index is 13.3. The van der Waals surface area contributed by atoms with Crippen molar-refractivity contribution in [2.45, 2.75) is 38.8 Å². The summed E-state index contributed by atoms with van der Waals surface area (Å²) in [6, 6.07) is 4.02. The molecule has 1 N–H and O–H groups in total. The zero-order chi connectivity index (χ0) is 17.0. The fourth-order valence-corrected chi connectivity index (χ4v) is 2.46. The van der Waals surface area contributed by atoms with Gasteiger partial charge in [-0.25, -0.2) is 9.18 Å². The summed E-state index contributed by atoms with van der Waals surface area (Å²) >= 11 is 0. The standard InChI is InChI=1S/C15H20FN5O2/c1-15(2,3)23-14(22)18-11-6-7-21(9-11)13-5-4-10(16)8-12(13)19-20-17/h4-5,8,11H,6-7,9H2,1-3H3,(H,18,22). The molecule has 1 aromatic rings. The molecule has 1 aromatic carbocycles. The van der Waals surface area contributed by atoms with Gasteiger partial charge in [-0.2, -0.15) is 0 Å². The molecule has 1 atom stereocenters. The summed E-state index contributed by atoms with van der Waals surface area (Å²) in [5.41, 5.74) is 8.94. The molecule has 0 aliphatic carbocycles. The predicted octanol–water partition coefficient (Wildman–Crippen LogP) is 3.87. The molecule has 1 aliphatic heterocycles. The molecule has 1 heterocycles. The fraction of sp³-hybridized carbons (Fsp3) is 0.533. The van der Waals surface area contributed by atoms with E-state index in [9.17, 15) is 9.18 Å². The molecule has 8 heteroatoms. The van der Waals surface area contributed by atoms with Gasteiger partial charge in [-0.1, -0.05) is 5.11 Å². The van der Waals surface area contributed by atoms with Crippen LogP contribution >= 0.6 is 0 Å². The average Bonchev–Trinajstić information content (AvgIpc) is 2.85. The second kappa shape index (κ2) is 6.75. The van der Waals surface area contributed by atoms with Crippen molar-refractivity contribution in [1.29, 1.82) is 0 Å². The smallest absolute Gasteiger partial charge is 0.407 e. The summed E-state index contributed by atoms with van der Waals surface area (Å²) in [6.45, 7) is 6.62. The Labute approximate surface area is 134 Å². The van der Waals surface area contributed by atoms with Gasteiger partial charge in [0.15, 0.2) is 0 Å². The van der Waals surface area contributed by atoms with Crippen LogP contribution in [0.3, 0.4) is 0 Å². The molecule has 2 rings (SSSR count). The van der Waals surface area contributed by atoms with Gasteiger partial charge >= 0.3 is 6.09 Å². The molecule has 0 aromatic heterocycles. The maximum Gasteiger partial charge on any atom is 0.407 e. The van der Waals surface area contributed by atoms with Crippen molar-refractivity contribution in [3.63, 3.8) is 0 Å². The third-order valence-corrected chi connectivity index (χ3v) is 3.34. The van der Waals surface area contributed by atoms with Crippen molar-refractivity contribution >= 4 is 17.5 Å². The Hall–Kier alpha value is -2.47. The SMILES string of the molecule is CC(C)(C)OC(=O)NC1CCN(c2ccc(F)cc2N=[N+]=[N-])C1. The predicted molar refractivity (Wildman–Crippen MR) is 85.2 cm³/mol. The van der Waals surface area contributed by atoms with Crippen LogP contribution in [0.25, 0.3) is 10.4 Å². The molecule has 1 saturated heterocycles. The lowest BCUT2D eigenvalue weighted by Crippen LogP contribution is -2.40. The lowest BCUT2D eigenvalue weighted by molar-refractivity contribution is 0.0509. The quantitative estimate of drug-likeness (QED) is 0.520. The van der Waals surface area contributed by atoms with Gasteiger partial charge in [-0.05, 0) is 50.9 Å². The van der Waals surface area contributed by atoms with E-state index in [1.165, 1.54) is 12.1 Å². The Kier molecular flexibility index (Phi) is 4.95. The topological polar surface area (TPSA) is 90.3 Å². The van der Waals surface area contributed by atoms with Gasteiger partial charge in [0, 0.05) is 23.7 Å². The highest BCUT2D eigenvalue weighted by Crippen LogP contribution is 2.32. The minimum Gasteiger partial charge on any atom is -0.444 e. The lowest BCUT2D eigenvalue weighted by Gasteiger charge is -2.23. The van der Waals surface area contributed by atoms with E-state index in [2.05, 4.69) is 15.3 Å². The van der Waals surface area contributed by atoms with E-state index in [0.29, 0.717) is 18.8 Å². The summed E-state index contributed by atoms with van der Waals surface area (Å²) in [5, 5.41) is 6.35. The van der Waals surface area contributed by atoms with Crippen LogP contribution in [-0.2, 0) is 4.74 Å². The molecule has 23 heavy (non-hydrogen) atoms. The normalized spacial score (nSPS) is 17.6. The maximum atomic E-state index is 13.3. The van der Waals surface area contributed by atoms with Gasteiger partial charge in [0.25, 0.3) is 0 Å². The summed E-state index contributed by atoms with van der Waals surface area (Å²) in [7, 11) is 0. The van der Waals surface area contributed by atoms with E-state index < -0.39 is 17.5 Å². The van der Waals surface area contributed by atoms with E-state index >= 15 is 0 Å². The Balaban J connectivity index is 2.03. The van der Waals surface area contributed by atoms with E-state index in [4.69, 9.17) is 10.3 Å². The summed E-state index contributed by atoms with van der Waals surface area (Å²) in [4.78, 5) is 16.5. The number of benzene rings is 1. The first-order chi connectivity index (χ1) is 10.8. The molecule has 1 fully saturated rings. The Morgan fingerprint density at radius 1 is 1.52 bits per heavy atom. The summed E-state index contributed by atoms with van der Waals surface area (Å²) < 4.78 is 18.5. The van der Waals surface area contributed by atoms with E-state index in [1.807, 2.05) is 4.90 Å². The highest BCUT2D eigenvalue weighted by molar-refractivity contribution is 5.70. The minimum absolute atomic E-state index is 0.0752. The van der Waals surface area contributed by atoms with Crippen LogP contribution in [0, 0.1) is 5.82 Å². The number of nitrogens with zero attached hydrogens (tertiary/aromatic N) is 4. The number of hydrogen-bond acceptors (Lipinski definition) is 4. The van der Waals surface area contributed by atoms with Gasteiger partial charge < -0.3 is 15.0 Å². The minimum atomic E-state index is -0.548. The number of halogens is 1. The van der Waals surface area contributed by atoms with E-state index in [-0.39, 0.29) is 11.7 Å². The highest BCUT2D eigenvalue weighted by atomic mass is 19.1. The molecule has 0 radical (unpaired) electrons. The number of amides is 1. The first kappa shape index (κ1) is 16.9. The van der Waals surface area contributed by atoms with Gasteiger partial charge in [0.1, 0.15) is 11.4 Å². The third-order valence-electron chi connectivity index (χ3n) is 3.34. The highest BCUT2D eigenvalue weighted by Gasteiger charge is 2.27. The van der Waals surface area contributed by atoms with Gasteiger partial charge in [0.2, 0.25) is 0 Å². The second-order valence-corrected chi connectivity index (χ2v) is 6.40. The van der Waals surface area contributed by atoms with Crippen molar-refractivity contribution in [3.05, 3.63) is 34.5 Å². The molecule has 1 unspecified atom stereocenters. The van der Waals surface area contributed by atoms with Crippen molar-refractivity contribution in [2.24, 2.45) is 5.11 Å². The monoisotopic (exact) mass is 321 g/mol. The molecule has 0 saturated carbocycles. The van der Waals surface area contributed by atoms with Crippen LogP contribution in [0.15, 0.2) is 23.3 Å². The molecule has 1 aliphatic rings. The number of rotatable bonds is 3. The Bertz CT molecular complexity index is 637. The molecular weight excluding hydrogens is 301 g/mol. The number of carbonyl (C=O) groups is 1. The molecule has 0 bridgehead atoms. The van der Waals surface area contributed by atoms with E-state index in [0.717, 1.165) is 6.42 Å². The van der Waals surface area contributed by atoms with Crippen molar-refractivity contribution in [2.75, 3.05) is 18.0 Å². The third kappa shape index (κ3) is 4.75. The van der Waals surface area contributed by atoms with Crippen LogP contribution < -0.4 is 10.2 Å². The fourth-order valence-electron chi connectivity index (χ4n) is 2.46. The molecule has 1 amide bonds. The number of azide groups is 1. The number of anilines is 1. The number of carbonyl (C=O) groups excluding carboxylic acids is 1. The van der Waals surface area contributed by atoms with Crippen LogP contribution in [0.1, 0.15) is 27.2 Å². The largest absolute Gasteiger partial charge is 0.444 e. The first-order valence-corrected chi connectivity index (χ1v) is 7.37. The first-order valence-electron chi connectivity index (χ1n) is 7.37. The van der Waals surface area contributed by atoms with Crippen molar-refractivity contribution in [1.82, 2.24) is 5.32 Å². The van der Waals surface area contributed by atoms with Crippen LogP contribution in [-0.4, -0.2) is 30.8 Å². The summed E-state index contributed by atoms with van der Waals surface area (Å²) in [5.74, 6) is -0.459. The Morgan fingerprint density at radius 3 is 2.91 bits per heavy atom. The molecule has 0 spiro atoms. The zero-order valence-corrected chi connectivity index (χ0v) is 13.4. The van der Waals surface area contributed by atoms with Crippen molar-refractivity contribution in [3.8, 4) is 0 Å². The number of hydrogen-bond donors (Lipinski definition) is 1. The van der Waals surface area contributed by atoms with Crippen LogP contribution in [0.5, 0.6) is 0 Å². The van der Waals surface area contributed by atoms with Gasteiger partial charge in [0.05, 0.1) is 11.7 Å². The molecule has 124 valence electrons. The Morgan fingerprint density at radius 2 is 2.26 bits per heavy atom. The second-order valence-electron chi connectivity index (χ2n) is 6.40. The van der Waals surface area contributed by atoms with Gasteiger partial charge in [-0.15, -0.1) is 0 Å². The van der Waals surface area contributed by atoms with Gasteiger partial charge in [-0.3, -0.25) is 0 Å². The zero-order valence-electron chi connectivity index (χ0n) is 13.4. The number of alkyl carbamates (subject to hydrolysis) is 1. The van der Waals surface area contributed by atoms with Crippen LogP contribution in [0.4, 0.5) is 20.6 Å². The van der Waals surface area contributed by atoms with Crippen molar-refractivity contribution < 1.29 is 13.9 Å².